The Hall–Kier alpha value is -4.59. The Morgan fingerprint density at radius 3 is 2.69 bits per heavy atom. The Balaban J connectivity index is 1.34. The molecule has 3 N–H and O–H groups in total. The molecule has 0 spiro atoms. The third kappa shape index (κ3) is 5.23. The zero-order valence-electron chi connectivity index (χ0n) is 20.3. The second-order valence-corrected chi connectivity index (χ2v) is 9.05. The fraction of sp³-hybridized carbons (Fsp3) is 0.240. The molecule has 4 heterocycles. The molecule has 202 valence electrons. The van der Waals surface area contributed by atoms with Gasteiger partial charge in [-0.3, -0.25) is 9.59 Å². The van der Waals surface area contributed by atoms with Crippen molar-refractivity contribution in [3.8, 4) is 11.4 Å². The molecule has 0 saturated carbocycles. The van der Waals surface area contributed by atoms with Crippen molar-refractivity contribution in [2.45, 2.75) is 38.2 Å². The summed E-state index contributed by atoms with van der Waals surface area (Å²) in [7, 11) is 0. The van der Waals surface area contributed by atoms with Gasteiger partial charge in [0.1, 0.15) is 11.4 Å². The van der Waals surface area contributed by atoms with Gasteiger partial charge in [0.15, 0.2) is 11.5 Å². The Bertz CT molecular complexity index is 1760. The second kappa shape index (κ2) is 9.94. The molecular formula is C25H21F4N7O3. The number of alkyl halides is 3. The predicted octanol–water partition coefficient (Wildman–Crippen LogP) is 3.20. The van der Waals surface area contributed by atoms with Crippen LogP contribution in [0.5, 0.6) is 0 Å². The molecule has 5 aromatic rings. The number of H-pyrrole nitrogens is 1. The van der Waals surface area contributed by atoms with Gasteiger partial charge in [-0.05, 0) is 49.1 Å². The number of aromatic amines is 1. The van der Waals surface area contributed by atoms with Crippen molar-refractivity contribution in [2.24, 2.45) is 0 Å². The zero-order valence-corrected chi connectivity index (χ0v) is 20.3. The summed E-state index contributed by atoms with van der Waals surface area (Å²) in [6, 6.07) is 8.68. The molecule has 0 fully saturated rings. The predicted molar refractivity (Wildman–Crippen MR) is 134 cm³/mol. The molecule has 10 nitrogen and oxygen atoms in total. The van der Waals surface area contributed by atoms with Crippen LogP contribution in [0.4, 0.5) is 23.2 Å². The van der Waals surface area contributed by atoms with Gasteiger partial charge < -0.3 is 15.0 Å². The van der Waals surface area contributed by atoms with Gasteiger partial charge in [0.05, 0.1) is 35.5 Å². The van der Waals surface area contributed by atoms with Crippen LogP contribution in [0.2, 0.25) is 0 Å². The number of hydrogen-bond acceptors (Lipinski definition) is 7. The van der Waals surface area contributed by atoms with E-state index in [9.17, 15) is 27.9 Å². The molecule has 1 aromatic carbocycles. The highest BCUT2D eigenvalue weighted by atomic mass is 19.4. The molecule has 0 aliphatic carbocycles. The summed E-state index contributed by atoms with van der Waals surface area (Å²) in [5.41, 5.74) is -3.25. The lowest BCUT2D eigenvalue weighted by atomic mass is 10.1. The molecule has 39 heavy (non-hydrogen) atoms. The van der Waals surface area contributed by atoms with E-state index in [1.807, 2.05) is 0 Å². The fourth-order valence-corrected chi connectivity index (χ4v) is 4.39. The van der Waals surface area contributed by atoms with Gasteiger partial charge >= 0.3 is 6.18 Å². The van der Waals surface area contributed by atoms with Gasteiger partial charge in [-0.25, -0.2) is 19.0 Å². The number of halogens is 4. The minimum atomic E-state index is -4.91. The summed E-state index contributed by atoms with van der Waals surface area (Å²) in [6.45, 7) is 1.32. The molecule has 0 radical (unpaired) electrons. The van der Waals surface area contributed by atoms with Crippen LogP contribution in [0.1, 0.15) is 18.9 Å². The topological polar surface area (TPSA) is 130 Å². The fourth-order valence-electron chi connectivity index (χ4n) is 4.39. The van der Waals surface area contributed by atoms with Crippen LogP contribution in [0.15, 0.2) is 64.6 Å². The minimum Gasteiger partial charge on any atom is -0.391 e. The van der Waals surface area contributed by atoms with Gasteiger partial charge in [0.2, 0.25) is 0 Å². The van der Waals surface area contributed by atoms with Crippen molar-refractivity contribution in [1.82, 2.24) is 29.4 Å². The summed E-state index contributed by atoms with van der Waals surface area (Å²) in [4.78, 5) is 29.0. The van der Waals surface area contributed by atoms with Crippen LogP contribution in [0.3, 0.4) is 0 Å². The van der Waals surface area contributed by atoms with Gasteiger partial charge in [0.25, 0.3) is 11.1 Å². The summed E-state index contributed by atoms with van der Waals surface area (Å²) in [5, 5.41) is 23.0. The van der Waals surface area contributed by atoms with E-state index in [0.717, 1.165) is 12.3 Å². The lowest BCUT2D eigenvalue weighted by Gasteiger charge is -2.21. The number of nitrogens with zero attached hydrogens (tertiary/aromatic N) is 5. The molecule has 0 aliphatic rings. The van der Waals surface area contributed by atoms with Crippen molar-refractivity contribution in [3.05, 3.63) is 87.1 Å². The number of rotatable bonds is 7. The van der Waals surface area contributed by atoms with Crippen molar-refractivity contribution < 1.29 is 22.7 Å². The van der Waals surface area contributed by atoms with E-state index >= 15 is 4.39 Å². The first-order valence-electron chi connectivity index (χ1n) is 11.7. The molecule has 2 atom stereocenters. The highest BCUT2D eigenvalue weighted by molar-refractivity contribution is 5.86. The van der Waals surface area contributed by atoms with Crippen LogP contribution in [-0.2, 0) is 12.7 Å². The SMILES string of the molecule is C[C@H](C[C@H](O)Cn1ccc2cc(-c3nc4ccccn4n3)c(F)cc2c1=O)Nc1cn[nH]c(=O)c1C(F)(F)F. The Morgan fingerprint density at radius 2 is 1.95 bits per heavy atom. The largest absolute Gasteiger partial charge is 0.423 e. The first-order chi connectivity index (χ1) is 18.5. The van der Waals surface area contributed by atoms with E-state index in [2.05, 4.69) is 20.5 Å². The normalized spacial score (nSPS) is 13.6. The number of nitrogens with one attached hydrogen (secondary N) is 2. The molecule has 0 aliphatic heterocycles. The summed E-state index contributed by atoms with van der Waals surface area (Å²) < 4.78 is 57.5. The lowest BCUT2D eigenvalue weighted by molar-refractivity contribution is -0.138. The van der Waals surface area contributed by atoms with Gasteiger partial charge in [-0.15, -0.1) is 5.10 Å². The standard InChI is InChI=1S/C25H21F4N7O3/c1-13(31-19-11-30-33-23(38)21(19)25(27,28)29)8-15(37)12-35-7-5-14-9-17(18(26)10-16(14)24(35)39)22-32-20-4-2-3-6-36(20)34-22/h2-7,9-11,13,15,37H,8,12H2,1H3,(H2,31,33,38)/t13-,15+/m1/s1. The first-order valence-corrected chi connectivity index (χ1v) is 11.7. The van der Waals surface area contributed by atoms with Gasteiger partial charge in [-0.1, -0.05) is 6.07 Å². The van der Waals surface area contributed by atoms with Gasteiger partial charge in [-0.2, -0.15) is 18.3 Å². The van der Waals surface area contributed by atoms with Crippen LogP contribution in [-0.4, -0.2) is 46.6 Å². The molecule has 4 aromatic heterocycles. The maximum atomic E-state index is 15.0. The molecule has 14 heteroatoms. The van der Waals surface area contributed by atoms with Crippen LogP contribution >= 0.6 is 0 Å². The van der Waals surface area contributed by atoms with Crippen molar-refractivity contribution in [3.63, 3.8) is 0 Å². The minimum absolute atomic E-state index is 0.0680. The van der Waals surface area contributed by atoms with E-state index in [1.165, 1.54) is 28.3 Å². The summed E-state index contributed by atoms with van der Waals surface area (Å²) in [5.74, 6) is -0.537. The number of aliphatic hydroxyl groups is 1. The van der Waals surface area contributed by atoms with E-state index in [0.29, 0.717) is 11.0 Å². The molecular weight excluding hydrogens is 522 g/mol. The van der Waals surface area contributed by atoms with Gasteiger partial charge in [0, 0.05) is 18.4 Å². The first kappa shape index (κ1) is 26.0. The average molecular weight is 543 g/mol. The number of pyridine rings is 2. The van der Waals surface area contributed by atoms with Crippen molar-refractivity contribution in [1.29, 1.82) is 0 Å². The number of aliphatic hydroxyl groups excluding tert-OH is 1. The smallest absolute Gasteiger partial charge is 0.391 e. The number of hydrogen-bond donors (Lipinski definition) is 3. The summed E-state index contributed by atoms with van der Waals surface area (Å²) in [6.07, 6.45) is -2.18. The van der Waals surface area contributed by atoms with Crippen molar-refractivity contribution in [2.75, 3.05) is 5.32 Å². The number of anilines is 1. The molecule has 0 unspecified atom stereocenters. The maximum absolute atomic E-state index is 15.0. The molecule has 0 saturated heterocycles. The van der Waals surface area contributed by atoms with E-state index in [1.54, 1.807) is 35.6 Å². The van der Waals surface area contributed by atoms with E-state index in [4.69, 9.17) is 0 Å². The number of aromatic nitrogens is 6. The van der Waals surface area contributed by atoms with Crippen LogP contribution in [0, 0.1) is 5.82 Å². The van der Waals surface area contributed by atoms with Crippen LogP contribution < -0.4 is 16.4 Å². The highest BCUT2D eigenvalue weighted by Gasteiger charge is 2.37. The molecule has 0 amide bonds. The third-order valence-corrected chi connectivity index (χ3v) is 6.12. The Morgan fingerprint density at radius 1 is 1.15 bits per heavy atom. The Kier molecular flexibility index (Phi) is 6.64. The molecule has 0 bridgehead atoms. The average Bonchev–Trinajstić information content (AvgIpc) is 3.29. The lowest BCUT2D eigenvalue weighted by Crippen LogP contribution is -2.32. The second-order valence-electron chi connectivity index (χ2n) is 9.05. The number of benzene rings is 1. The monoisotopic (exact) mass is 543 g/mol. The molecule has 5 rings (SSSR count). The zero-order chi connectivity index (χ0) is 27.9. The quantitative estimate of drug-likeness (QED) is 0.269. The summed E-state index contributed by atoms with van der Waals surface area (Å²) >= 11 is 0. The Labute approximate surface area is 216 Å². The van der Waals surface area contributed by atoms with E-state index < -0.39 is 46.5 Å². The highest BCUT2D eigenvalue weighted by Crippen LogP contribution is 2.32. The maximum Gasteiger partial charge on any atom is 0.423 e. The number of fused-ring (bicyclic) bond motifs is 2. The van der Waals surface area contributed by atoms with E-state index in [-0.39, 0.29) is 29.7 Å². The third-order valence-electron chi connectivity index (χ3n) is 6.12. The van der Waals surface area contributed by atoms with Crippen LogP contribution in [0.25, 0.3) is 27.8 Å². The van der Waals surface area contributed by atoms with Crippen molar-refractivity contribution >= 4 is 22.1 Å².